The molecule has 1 saturated heterocycles. The van der Waals surface area contributed by atoms with Gasteiger partial charge in [-0.15, -0.1) is 0 Å². The third-order valence-electron chi connectivity index (χ3n) is 12.3. The lowest BCUT2D eigenvalue weighted by atomic mass is 9.98. The number of nitrogens with two attached hydrogens (primary N) is 2. The average Bonchev–Trinajstić information content (AvgIpc) is 3.80. The van der Waals surface area contributed by atoms with Crippen LogP contribution in [-0.4, -0.2) is 150 Å². The fourth-order valence-corrected chi connectivity index (χ4v) is 11.0. The first-order valence-corrected chi connectivity index (χ1v) is 27.5. The second-order valence-electron chi connectivity index (χ2n) is 19.6. The number of phenols is 1. The van der Waals surface area contributed by atoms with E-state index >= 15 is 0 Å². The number of nitrogens with one attached hydrogen (secondary N) is 8. The molecule has 5 rings (SSSR count). The Morgan fingerprint density at radius 1 is 0.722 bits per heavy atom. The van der Waals surface area contributed by atoms with Crippen LogP contribution in [0.1, 0.15) is 70.6 Å². The van der Waals surface area contributed by atoms with Gasteiger partial charge in [-0.3, -0.25) is 43.2 Å². The number of amides is 7. The highest BCUT2D eigenvalue weighted by atomic mass is 33.1. The maximum absolute atomic E-state index is 14.8. The SMILES string of the molecule is CC(=O)O.CC(C)C(NC(=O)C1CSSC(C)(C)C(NC(=O)C(N)CC(=O)O)C(=O)NC(Cc2ccccc2)C(=O)NC(Cc2c[nH]c3ccccc23)C(=O)NC(CCCN)C(=O)NC(Cc2ccc(O)cc2)C(=O)N1)C(=O)O. The predicted molar refractivity (Wildman–Crippen MR) is 296 cm³/mol. The van der Waals surface area contributed by atoms with Crippen LogP contribution in [0, 0.1) is 5.92 Å². The third kappa shape index (κ3) is 20.2. The zero-order valence-corrected chi connectivity index (χ0v) is 45.9. The van der Waals surface area contributed by atoms with E-state index in [1.807, 2.05) is 18.2 Å². The van der Waals surface area contributed by atoms with Crippen molar-refractivity contribution in [2.45, 2.75) is 126 Å². The zero-order chi connectivity index (χ0) is 58.6. The highest BCUT2D eigenvalue weighted by Gasteiger charge is 2.42. The van der Waals surface area contributed by atoms with E-state index in [1.165, 1.54) is 24.3 Å². The number of benzene rings is 3. The van der Waals surface area contributed by atoms with Crippen molar-refractivity contribution in [2.24, 2.45) is 17.4 Å². The van der Waals surface area contributed by atoms with E-state index in [1.54, 1.807) is 70.3 Å². The molecule has 16 N–H and O–H groups in total. The van der Waals surface area contributed by atoms with Crippen LogP contribution < -0.4 is 48.7 Å². The number of hydrogen-bond donors (Lipinski definition) is 14. The molecule has 0 saturated carbocycles. The van der Waals surface area contributed by atoms with Gasteiger partial charge < -0.3 is 74.1 Å². The summed E-state index contributed by atoms with van der Waals surface area (Å²) in [5.74, 6) is -10.8. The van der Waals surface area contributed by atoms with Crippen LogP contribution in [0.2, 0.25) is 0 Å². The lowest BCUT2D eigenvalue weighted by Crippen LogP contribution is -2.63. The summed E-state index contributed by atoms with van der Waals surface area (Å²) in [4.78, 5) is 137. The number of para-hydroxylation sites is 1. The Bertz CT molecular complexity index is 2780. The Hall–Kier alpha value is -7.68. The summed E-state index contributed by atoms with van der Waals surface area (Å²) >= 11 is 0. The van der Waals surface area contributed by atoms with E-state index < -0.39 is 125 Å². The number of aromatic nitrogens is 1. The summed E-state index contributed by atoms with van der Waals surface area (Å²) in [7, 11) is 1.91. The molecule has 1 aliphatic heterocycles. The molecule has 0 radical (unpaired) electrons. The van der Waals surface area contributed by atoms with E-state index in [4.69, 9.17) is 21.4 Å². The fraction of sp³-hybridized carbons (Fsp3) is 0.434. The number of carbonyl (C=O) groups excluding carboxylic acids is 7. The van der Waals surface area contributed by atoms with Crippen LogP contribution in [0.25, 0.3) is 10.9 Å². The number of aromatic amines is 1. The molecule has 3 aromatic carbocycles. The van der Waals surface area contributed by atoms with Crippen molar-refractivity contribution in [3.63, 3.8) is 0 Å². The van der Waals surface area contributed by atoms with E-state index in [9.17, 15) is 58.5 Å². The molecule has 0 spiro atoms. The summed E-state index contributed by atoms with van der Waals surface area (Å²) in [5.41, 5.74) is 14.3. The Labute approximate surface area is 463 Å². The third-order valence-corrected chi connectivity index (χ3v) is 15.6. The van der Waals surface area contributed by atoms with Crippen LogP contribution in [0.4, 0.5) is 0 Å². The minimum absolute atomic E-state index is 0.0360. The molecule has 1 aromatic heterocycles. The Kier molecular flexibility index (Phi) is 24.6. The minimum Gasteiger partial charge on any atom is -0.508 e. The van der Waals surface area contributed by atoms with Gasteiger partial charge >= 0.3 is 11.9 Å². The van der Waals surface area contributed by atoms with Gasteiger partial charge in [0.05, 0.1) is 12.5 Å². The lowest BCUT2D eigenvalue weighted by molar-refractivity contribution is -0.143. The molecule has 428 valence electrons. The number of aliphatic carboxylic acids is 3. The molecule has 8 unspecified atom stereocenters. The first-order valence-electron chi connectivity index (χ1n) is 25.2. The molecule has 1 fully saturated rings. The van der Waals surface area contributed by atoms with E-state index in [0.29, 0.717) is 16.7 Å². The van der Waals surface area contributed by atoms with Gasteiger partial charge in [-0.2, -0.15) is 0 Å². The molecule has 26 heteroatoms. The van der Waals surface area contributed by atoms with Crippen LogP contribution in [-0.2, 0) is 67.2 Å². The first-order chi connectivity index (χ1) is 37.3. The number of H-pyrrole nitrogens is 1. The van der Waals surface area contributed by atoms with Gasteiger partial charge in [-0.1, -0.05) is 96.1 Å². The molecular formula is C53H70N10O14S2. The van der Waals surface area contributed by atoms with Gasteiger partial charge in [0.25, 0.3) is 5.97 Å². The number of carbonyl (C=O) groups is 10. The van der Waals surface area contributed by atoms with Crippen molar-refractivity contribution in [2.75, 3.05) is 12.3 Å². The minimum atomic E-state index is -1.62. The lowest BCUT2D eigenvalue weighted by Gasteiger charge is -2.35. The number of carboxylic acid groups (broad SMARTS) is 3. The van der Waals surface area contributed by atoms with Crippen molar-refractivity contribution in [3.8, 4) is 5.75 Å². The summed E-state index contributed by atoms with van der Waals surface area (Å²) in [5, 5.41) is 56.4. The Morgan fingerprint density at radius 2 is 1.24 bits per heavy atom. The highest BCUT2D eigenvalue weighted by Crippen LogP contribution is 2.39. The monoisotopic (exact) mass is 1130 g/mol. The molecule has 24 nitrogen and oxygen atoms in total. The van der Waals surface area contributed by atoms with Gasteiger partial charge in [-0.05, 0) is 74.0 Å². The van der Waals surface area contributed by atoms with Crippen molar-refractivity contribution in [3.05, 3.63) is 102 Å². The van der Waals surface area contributed by atoms with Crippen LogP contribution in [0.5, 0.6) is 5.75 Å². The topological polar surface area (TPSA) is 404 Å². The number of fused-ring (bicyclic) bond motifs is 1. The summed E-state index contributed by atoms with van der Waals surface area (Å²) in [6.07, 6.45) is 0.590. The van der Waals surface area contributed by atoms with E-state index in [2.05, 4.69) is 42.2 Å². The number of aromatic hydroxyl groups is 1. The molecule has 7 amide bonds. The largest absolute Gasteiger partial charge is 0.508 e. The van der Waals surface area contributed by atoms with Gasteiger partial charge in [-0.25, -0.2) is 4.79 Å². The maximum Gasteiger partial charge on any atom is 0.326 e. The number of carboxylic acids is 3. The van der Waals surface area contributed by atoms with Crippen molar-refractivity contribution < 1.29 is 68.4 Å². The zero-order valence-electron chi connectivity index (χ0n) is 44.3. The van der Waals surface area contributed by atoms with Crippen molar-refractivity contribution in [1.29, 1.82) is 0 Å². The number of hydrogen-bond acceptors (Lipinski definition) is 15. The van der Waals surface area contributed by atoms with Gasteiger partial charge in [0.1, 0.15) is 48.0 Å². The van der Waals surface area contributed by atoms with Gasteiger partial charge in [0.15, 0.2) is 0 Å². The molecular weight excluding hydrogens is 1060 g/mol. The van der Waals surface area contributed by atoms with Crippen molar-refractivity contribution >= 4 is 91.7 Å². The highest BCUT2D eigenvalue weighted by molar-refractivity contribution is 8.77. The summed E-state index contributed by atoms with van der Waals surface area (Å²) in [6.45, 7) is 7.42. The molecule has 8 atom stereocenters. The standard InChI is InChI=1S/C51H66N10O12S2.C2H4O2/c1-27(2)41(50(72)73)60-48(70)39-26-74-75-51(3,4)42(61-43(65)33(53)24-40(63)64)49(71)58-37(21-28-11-6-5-7-12-28)45(67)57-38(23-30-25-54-34-14-9-8-13-32(30)34)47(69)55-35(15-10-20-52)44(66)56-36(46(68)59-39)22-29-16-18-31(62)19-17-29;1-2(3)4/h5-9,11-14,16-19,25,27,33,35-39,41-42,54,62H,10,15,20-24,26,52-53H2,1-4H3,(H,55,69)(H,56,66)(H,57,67)(H,58,71)(H,59,68)(H,60,70)(H,61,65)(H,63,64)(H,72,73);1H3,(H,3,4). The van der Waals surface area contributed by atoms with Crippen LogP contribution in [0.3, 0.4) is 0 Å². The van der Waals surface area contributed by atoms with Crippen LogP contribution >= 0.6 is 21.6 Å². The normalized spacial score (nSPS) is 21.2. The first kappa shape index (κ1) is 63.8. The molecule has 0 bridgehead atoms. The summed E-state index contributed by atoms with van der Waals surface area (Å²) in [6, 6.07) is 9.85. The van der Waals surface area contributed by atoms with Gasteiger partial charge in [0.2, 0.25) is 41.4 Å². The maximum atomic E-state index is 14.8. The van der Waals surface area contributed by atoms with E-state index in [0.717, 1.165) is 39.4 Å². The second-order valence-corrected chi connectivity index (χ2v) is 22.6. The molecule has 2 heterocycles. The quantitative estimate of drug-likeness (QED) is 0.0651. The Morgan fingerprint density at radius 3 is 1.81 bits per heavy atom. The summed E-state index contributed by atoms with van der Waals surface area (Å²) < 4.78 is -1.42. The Balaban J connectivity index is 0.00000325. The van der Waals surface area contributed by atoms with E-state index in [-0.39, 0.29) is 50.2 Å². The predicted octanol–water partition coefficient (Wildman–Crippen LogP) is 0.841. The number of phenolic OH excluding ortho intramolecular Hbond substituents is 1. The second kappa shape index (κ2) is 30.5. The molecule has 1 aliphatic rings. The molecule has 4 aromatic rings. The fourth-order valence-electron chi connectivity index (χ4n) is 8.14. The molecule has 79 heavy (non-hydrogen) atoms. The molecule has 0 aliphatic carbocycles. The average molecular weight is 1140 g/mol. The number of rotatable bonds is 17. The van der Waals surface area contributed by atoms with Crippen molar-refractivity contribution in [1.82, 2.24) is 42.2 Å². The van der Waals surface area contributed by atoms with Gasteiger partial charge in [0, 0.05) is 53.8 Å². The van der Waals surface area contributed by atoms with Crippen LogP contribution in [0.15, 0.2) is 85.1 Å². The smallest absolute Gasteiger partial charge is 0.326 e.